The zero-order valence-corrected chi connectivity index (χ0v) is 19.7. The van der Waals surface area contributed by atoms with Crippen molar-refractivity contribution in [2.75, 3.05) is 26.3 Å². The molecule has 0 aromatic heterocycles. The Morgan fingerprint density at radius 2 is 1.25 bits per heavy atom. The quantitative estimate of drug-likeness (QED) is 0.245. The first-order chi connectivity index (χ1) is 11.6. The molecule has 24 heavy (non-hydrogen) atoms. The first kappa shape index (κ1) is 24.3. The molecule has 0 saturated carbocycles. The van der Waals surface area contributed by atoms with Gasteiger partial charge in [-0.3, -0.25) is 0 Å². The van der Waals surface area contributed by atoms with Crippen molar-refractivity contribution < 1.29 is 8.85 Å². The van der Waals surface area contributed by atoms with Crippen molar-refractivity contribution in [3.8, 4) is 0 Å². The highest BCUT2D eigenvalue weighted by Crippen LogP contribution is 2.26. The molecule has 0 spiro atoms. The Hall–Kier alpha value is 0.314. The third kappa shape index (κ3) is 9.13. The fourth-order valence-electron chi connectivity index (χ4n) is 3.73. The SMILES string of the molecule is CCCCN(CCCCC[SiH](OCC)OCC)[Si](CC)(CC)CC. The molecule has 0 aliphatic rings. The predicted molar refractivity (Wildman–Crippen MR) is 113 cm³/mol. The van der Waals surface area contributed by atoms with Crippen LogP contribution >= 0.6 is 0 Å². The summed E-state index contributed by atoms with van der Waals surface area (Å²) in [6.45, 7) is 18.0. The summed E-state index contributed by atoms with van der Waals surface area (Å²) < 4.78 is 14.5. The third-order valence-electron chi connectivity index (χ3n) is 5.50. The zero-order valence-electron chi connectivity index (χ0n) is 17.5. The van der Waals surface area contributed by atoms with Crippen LogP contribution in [0.4, 0.5) is 0 Å². The molecule has 0 unspecified atom stereocenters. The minimum absolute atomic E-state index is 0.805. The lowest BCUT2D eigenvalue weighted by Gasteiger charge is -2.41. The maximum absolute atomic E-state index is 5.78. The summed E-state index contributed by atoms with van der Waals surface area (Å²) in [5, 5.41) is 0. The lowest BCUT2D eigenvalue weighted by Crippen LogP contribution is -2.52. The van der Waals surface area contributed by atoms with E-state index in [1.54, 1.807) is 0 Å². The van der Waals surface area contributed by atoms with Gasteiger partial charge >= 0.3 is 9.28 Å². The average molecular weight is 376 g/mol. The van der Waals surface area contributed by atoms with Crippen LogP contribution in [-0.4, -0.2) is 48.4 Å². The first-order valence-electron chi connectivity index (χ1n) is 10.6. The predicted octanol–water partition coefficient (Wildman–Crippen LogP) is 5.56. The second-order valence-electron chi connectivity index (χ2n) is 6.82. The molecular formula is C19H45NO2Si2. The van der Waals surface area contributed by atoms with Gasteiger partial charge in [-0.25, -0.2) is 0 Å². The molecule has 5 heteroatoms. The summed E-state index contributed by atoms with van der Waals surface area (Å²) in [4.78, 5) is 0. The van der Waals surface area contributed by atoms with E-state index >= 15 is 0 Å². The van der Waals surface area contributed by atoms with Crippen molar-refractivity contribution in [2.45, 2.75) is 97.8 Å². The molecule has 0 amide bonds. The van der Waals surface area contributed by atoms with E-state index in [9.17, 15) is 0 Å². The Balaban J connectivity index is 4.31. The fourth-order valence-corrected chi connectivity index (χ4v) is 9.63. The van der Waals surface area contributed by atoms with E-state index in [1.807, 2.05) is 0 Å². The van der Waals surface area contributed by atoms with Gasteiger partial charge in [0.2, 0.25) is 0 Å². The van der Waals surface area contributed by atoms with E-state index in [0.29, 0.717) is 0 Å². The highest BCUT2D eigenvalue weighted by molar-refractivity contribution is 6.77. The van der Waals surface area contributed by atoms with Crippen LogP contribution in [0.15, 0.2) is 0 Å². The second-order valence-corrected chi connectivity index (χ2v) is 14.1. The summed E-state index contributed by atoms with van der Waals surface area (Å²) in [5.41, 5.74) is 0. The summed E-state index contributed by atoms with van der Waals surface area (Å²) >= 11 is 0. The highest BCUT2D eigenvalue weighted by Gasteiger charge is 2.33. The molecule has 0 rings (SSSR count). The molecule has 0 fully saturated rings. The molecule has 0 bridgehead atoms. The molecular weight excluding hydrogens is 330 g/mol. The van der Waals surface area contributed by atoms with Crippen LogP contribution in [0.3, 0.4) is 0 Å². The van der Waals surface area contributed by atoms with Gasteiger partial charge < -0.3 is 13.4 Å². The van der Waals surface area contributed by atoms with Gasteiger partial charge in [0.05, 0.1) is 0 Å². The van der Waals surface area contributed by atoms with Gasteiger partial charge in [-0.2, -0.15) is 0 Å². The molecule has 146 valence electrons. The summed E-state index contributed by atoms with van der Waals surface area (Å²) in [5.74, 6) is 0. The Morgan fingerprint density at radius 3 is 1.71 bits per heavy atom. The van der Waals surface area contributed by atoms with Crippen molar-refractivity contribution in [3.63, 3.8) is 0 Å². The average Bonchev–Trinajstić information content (AvgIpc) is 2.60. The zero-order chi connectivity index (χ0) is 18.3. The van der Waals surface area contributed by atoms with Crippen molar-refractivity contribution in [1.82, 2.24) is 4.57 Å². The first-order valence-corrected chi connectivity index (χ1v) is 14.9. The van der Waals surface area contributed by atoms with Gasteiger partial charge in [-0.1, -0.05) is 47.0 Å². The molecule has 0 radical (unpaired) electrons. The van der Waals surface area contributed by atoms with Crippen molar-refractivity contribution in [1.29, 1.82) is 0 Å². The van der Waals surface area contributed by atoms with Gasteiger partial charge in [0, 0.05) is 13.2 Å². The molecule has 0 aliphatic heterocycles. The van der Waals surface area contributed by atoms with Crippen LogP contribution in [0.1, 0.15) is 73.6 Å². The van der Waals surface area contributed by atoms with E-state index in [-0.39, 0.29) is 0 Å². The van der Waals surface area contributed by atoms with E-state index in [1.165, 1.54) is 69.4 Å². The van der Waals surface area contributed by atoms with Gasteiger partial charge in [0.15, 0.2) is 0 Å². The van der Waals surface area contributed by atoms with Crippen LogP contribution in [0.5, 0.6) is 0 Å². The molecule has 0 heterocycles. The Kier molecular flexibility index (Phi) is 15.8. The smallest absolute Gasteiger partial charge is 0.321 e. The van der Waals surface area contributed by atoms with Crippen LogP contribution in [0.2, 0.25) is 24.2 Å². The lowest BCUT2D eigenvalue weighted by molar-refractivity contribution is 0.212. The van der Waals surface area contributed by atoms with Gasteiger partial charge in [-0.15, -0.1) is 0 Å². The minimum atomic E-state index is -1.38. The Labute approximate surface area is 155 Å². The maximum atomic E-state index is 5.78. The topological polar surface area (TPSA) is 21.7 Å². The monoisotopic (exact) mass is 375 g/mol. The Morgan fingerprint density at radius 1 is 0.708 bits per heavy atom. The minimum Gasteiger partial charge on any atom is -0.397 e. The normalized spacial score (nSPS) is 12.5. The van der Waals surface area contributed by atoms with Crippen molar-refractivity contribution in [2.24, 2.45) is 0 Å². The summed E-state index contributed by atoms with van der Waals surface area (Å²) in [6.07, 6.45) is 6.62. The summed E-state index contributed by atoms with van der Waals surface area (Å²) in [6, 6.07) is 5.41. The fraction of sp³-hybridized carbons (Fsp3) is 1.00. The van der Waals surface area contributed by atoms with Gasteiger partial charge in [-0.05, 0) is 64.0 Å². The number of rotatable bonds is 17. The number of hydrogen-bond acceptors (Lipinski definition) is 3. The lowest BCUT2D eigenvalue weighted by atomic mass is 10.2. The molecule has 0 aliphatic carbocycles. The van der Waals surface area contributed by atoms with E-state index < -0.39 is 17.5 Å². The molecule has 0 aromatic rings. The van der Waals surface area contributed by atoms with Crippen molar-refractivity contribution in [3.05, 3.63) is 0 Å². The van der Waals surface area contributed by atoms with Crippen LogP contribution < -0.4 is 0 Å². The van der Waals surface area contributed by atoms with E-state index in [0.717, 1.165) is 13.2 Å². The van der Waals surface area contributed by atoms with Gasteiger partial charge in [0.1, 0.15) is 8.24 Å². The number of hydrogen-bond donors (Lipinski definition) is 0. The number of nitrogens with zero attached hydrogens (tertiary/aromatic N) is 1. The maximum Gasteiger partial charge on any atom is 0.321 e. The molecule has 0 atom stereocenters. The second kappa shape index (κ2) is 15.6. The molecule has 0 aromatic carbocycles. The molecule has 0 saturated heterocycles. The third-order valence-corrected chi connectivity index (χ3v) is 13.5. The van der Waals surface area contributed by atoms with Crippen LogP contribution in [0.25, 0.3) is 0 Å². The van der Waals surface area contributed by atoms with E-state index in [2.05, 4.69) is 46.1 Å². The largest absolute Gasteiger partial charge is 0.397 e. The summed E-state index contributed by atoms with van der Waals surface area (Å²) in [7, 11) is -2.57. The Bertz CT molecular complexity index is 262. The van der Waals surface area contributed by atoms with Crippen molar-refractivity contribution >= 4 is 17.5 Å². The molecule has 3 nitrogen and oxygen atoms in total. The standard InChI is InChI=1S/C19H45NO2Si2/c1-7-13-17-20(24(10-4,11-5)12-6)18-15-14-16-19-23(21-8-2)22-9-3/h23H,7-19H2,1-6H3. The highest BCUT2D eigenvalue weighted by atomic mass is 28.3. The van der Waals surface area contributed by atoms with E-state index in [4.69, 9.17) is 8.85 Å². The van der Waals surface area contributed by atoms with Crippen LogP contribution in [0, 0.1) is 0 Å². The molecule has 0 N–H and O–H groups in total. The number of unbranched alkanes of at least 4 members (excludes halogenated alkanes) is 3. The van der Waals surface area contributed by atoms with Gasteiger partial charge in [0.25, 0.3) is 0 Å². The van der Waals surface area contributed by atoms with Crippen LogP contribution in [-0.2, 0) is 8.85 Å².